The van der Waals surface area contributed by atoms with Crippen LogP contribution in [0.25, 0.3) is 10.9 Å². The van der Waals surface area contributed by atoms with Crippen LogP contribution in [0.15, 0.2) is 48.8 Å². The fourth-order valence-corrected chi connectivity index (χ4v) is 4.68. The lowest BCUT2D eigenvalue weighted by Crippen LogP contribution is -2.41. The Morgan fingerprint density at radius 3 is 2.79 bits per heavy atom. The number of hydrogen-bond donors (Lipinski definition) is 3. The van der Waals surface area contributed by atoms with Crippen molar-refractivity contribution in [1.29, 1.82) is 0 Å². The summed E-state index contributed by atoms with van der Waals surface area (Å²) in [7, 11) is 2.09. The molecule has 0 atom stereocenters. The second kappa shape index (κ2) is 12.1. The van der Waals surface area contributed by atoms with Crippen LogP contribution in [-0.2, 0) is 4.79 Å². The lowest BCUT2D eigenvalue weighted by Gasteiger charge is -2.30. The normalized spacial score (nSPS) is 16.3. The van der Waals surface area contributed by atoms with Gasteiger partial charge in [-0.25, -0.2) is 14.4 Å². The van der Waals surface area contributed by atoms with Gasteiger partial charge in [0.05, 0.1) is 22.8 Å². The summed E-state index contributed by atoms with van der Waals surface area (Å²) in [5.41, 5.74) is 1.77. The van der Waals surface area contributed by atoms with E-state index in [-0.39, 0.29) is 10.9 Å². The summed E-state index contributed by atoms with van der Waals surface area (Å²) in [6, 6.07) is 8.50. The quantitative estimate of drug-likeness (QED) is 0.308. The van der Waals surface area contributed by atoms with E-state index >= 15 is 0 Å². The number of piperidine rings is 1. The highest BCUT2D eigenvalue weighted by molar-refractivity contribution is 6.31. The van der Waals surface area contributed by atoms with Gasteiger partial charge in [-0.15, -0.1) is 0 Å². The van der Waals surface area contributed by atoms with Gasteiger partial charge in [0.1, 0.15) is 23.7 Å². The molecule has 3 N–H and O–H groups in total. The highest BCUT2D eigenvalue weighted by Gasteiger charge is 2.23. The van der Waals surface area contributed by atoms with Crippen molar-refractivity contribution in [3.63, 3.8) is 0 Å². The standard InChI is InChI=1S/C28H32ClFN6O2/c1-36(20-8-10-31-11-9-20)12-2-3-27(37)35-25-14-21-24(15-26(25)38-16-18-4-5-18)32-17-33-28(21)34-19-6-7-23(30)22(29)13-19/h2-3,6-7,13-15,17-18,20,31H,4-5,8-12,16H2,1H3,(H,35,37)(H,32,33,34). The van der Waals surface area contributed by atoms with Gasteiger partial charge in [0.2, 0.25) is 5.91 Å². The molecule has 0 unspecified atom stereocenters. The molecule has 3 aromatic rings. The number of benzene rings is 2. The number of nitrogens with one attached hydrogen (secondary N) is 3. The molecule has 1 amide bonds. The number of nitrogens with zero attached hydrogens (tertiary/aromatic N) is 3. The van der Waals surface area contributed by atoms with E-state index in [9.17, 15) is 9.18 Å². The topological polar surface area (TPSA) is 91.4 Å². The number of carbonyl (C=O) groups excluding carboxylic acids is 1. The van der Waals surface area contributed by atoms with Crippen LogP contribution >= 0.6 is 11.6 Å². The minimum Gasteiger partial charge on any atom is -0.491 e. The lowest BCUT2D eigenvalue weighted by molar-refractivity contribution is -0.111. The van der Waals surface area contributed by atoms with Crippen LogP contribution in [-0.4, -0.2) is 60.1 Å². The van der Waals surface area contributed by atoms with E-state index in [1.807, 2.05) is 12.1 Å². The first kappa shape index (κ1) is 26.3. The van der Waals surface area contributed by atoms with Crippen LogP contribution in [0.4, 0.5) is 21.6 Å². The number of halogens is 2. The van der Waals surface area contributed by atoms with Crippen LogP contribution in [0.1, 0.15) is 25.7 Å². The predicted octanol–water partition coefficient (Wildman–Crippen LogP) is 5.13. The lowest BCUT2D eigenvalue weighted by atomic mass is 10.1. The first-order valence-electron chi connectivity index (χ1n) is 13.0. The van der Waals surface area contributed by atoms with Gasteiger partial charge in [-0.2, -0.15) is 0 Å². The van der Waals surface area contributed by atoms with E-state index in [0.717, 1.165) is 38.8 Å². The van der Waals surface area contributed by atoms with Crippen molar-refractivity contribution in [2.45, 2.75) is 31.7 Å². The van der Waals surface area contributed by atoms with Gasteiger partial charge in [-0.05, 0) is 76.0 Å². The SMILES string of the molecule is CN(CC=CC(=O)Nc1cc2c(Nc3ccc(F)c(Cl)c3)ncnc2cc1OCC1CC1)C1CCNCC1. The fraction of sp³-hybridized carbons (Fsp3) is 0.393. The number of aromatic nitrogens is 2. The molecule has 1 aromatic heterocycles. The van der Waals surface area contributed by atoms with Crippen molar-refractivity contribution in [2.75, 3.05) is 43.9 Å². The summed E-state index contributed by atoms with van der Waals surface area (Å²) < 4.78 is 19.7. The van der Waals surface area contributed by atoms with Gasteiger partial charge in [-0.3, -0.25) is 9.69 Å². The van der Waals surface area contributed by atoms with E-state index in [1.165, 1.54) is 18.5 Å². The molecule has 38 heavy (non-hydrogen) atoms. The van der Waals surface area contributed by atoms with Gasteiger partial charge in [0.15, 0.2) is 0 Å². The number of carbonyl (C=O) groups is 1. The first-order chi connectivity index (χ1) is 18.5. The molecule has 8 nitrogen and oxygen atoms in total. The molecule has 0 spiro atoms. The number of fused-ring (bicyclic) bond motifs is 1. The van der Waals surface area contributed by atoms with Crippen LogP contribution in [0.3, 0.4) is 0 Å². The minimum absolute atomic E-state index is 0.00895. The highest BCUT2D eigenvalue weighted by atomic mass is 35.5. The van der Waals surface area contributed by atoms with Crippen molar-refractivity contribution in [1.82, 2.24) is 20.2 Å². The monoisotopic (exact) mass is 538 g/mol. The van der Waals surface area contributed by atoms with Gasteiger partial charge >= 0.3 is 0 Å². The zero-order valence-corrected chi connectivity index (χ0v) is 22.1. The molecule has 1 aliphatic carbocycles. The zero-order valence-electron chi connectivity index (χ0n) is 21.3. The van der Waals surface area contributed by atoms with Gasteiger partial charge < -0.3 is 20.7 Å². The summed E-state index contributed by atoms with van der Waals surface area (Å²) in [5, 5.41) is 10.2. The fourth-order valence-electron chi connectivity index (χ4n) is 4.50. The molecule has 1 saturated carbocycles. The van der Waals surface area contributed by atoms with Gasteiger partial charge in [0, 0.05) is 35.8 Å². The smallest absolute Gasteiger partial charge is 0.248 e. The van der Waals surface area contributed by atoms with E-state index in [1.54, 1.807) is 18.2 Å². The Bertz CT molecular complexity index is 1330. The maximum absolute atomic E-state index is 13.6. The van der Waals surface area contributed by atoms with Crippen molar-refractivity contribution in [3.8, 4) is 5.75 Å². The Labute approximate surface area is 226 Å². The van der Waals surface area contributed by atoms with Crippen LogP contribution in [0.2, 0.25) is 5.02 Å². The molecule has 2 aromatic carbocycles. The predicted molar refractivity (Wildman–Crippen MR) is 149 cm³/mol. The largest absolute Gasteiger partial charge is 0.491 e. The third kappa shape index (κ3) is 6.78. The van der Waals surface area contributed by atoms with Crippen LogP contribution in [0.5, 0.6) is 5.75 Å². The van der Waals surface area contributed by atoms with E-state index in [4.69, 9.17) is 16.3 Å². The molecule has 200 valence electrons. The Hall–Kier alpha value is -3.27. The maximum Gasteiger partial charge on any atom is 0.248 e. The molecule has 0 bridgehead atoms. The third-order valence-electron chi connectivity index (χ3n) is 6.94. The third-order valence-corrected chi connectivity index (χ3v) is 7.23. The van der Waals surface area contributed by atoms with E-state index in [0.29, 0.717) is 59.0 Å². The summed E-state index contributed by atoms with van der Waals surface area (Å²) in [5.74, 6) is 0.872. The van der Waals surface area contributed by atoms with Crippen molar-refractivity contribution >= 4 is 45.6 Å². The van der Waals surface area contributed by atoms with Crippen molar-refractivity contribution in [2.24, 2.45) is 5.92 Å². The van der Waals surface area contributed by atoms with Crippen LogP contribution < -0.4 is 20.7 Å². The number of amides is 1. The second-order valence-corrected chi connectivity index (χ2v) is 10.3. The number of anilines is 3. The Morgan fingerprint density at radius 1 is 1.21 bits per heavy atom. The molecule has 1 saturated heterocycles. The molecule has 1 aliphatic heterocycles. The summed E-state index contributed by atoms with van der Waals surface area (Å²) >= 11 is 5.95. The Kier molecular flexibility index (Phi) is 8.36. The summed E-state index contributed by atoms with van der Waals surface area (Å²) in [4.78, 5) is 23.9. The van der Waals surface area contributed by atoms with Gasteiger partial charge in [0.25, 0.3) is 0 Å². The average Bonchev–Trinajstić information content (AvgIpc) is 3.75. The molecule has 10 heteroatoms. The molecule has 0 radical (unpaired) electrons. The number of rotatable bonds is 10. The Balaban J connectivity index is 1.35. The first-order valence-corrected chi connectivity index (χ1v) is 13.4. The van der Waals surface area contributed by atoms with E-state index < -0.39 is 5.82 Å². The van der Waals surface area contributed by atoms with Crippen molar-refractivity contribution < 1.29 is 13.9 Å². The zero-order chi connectivity index (χ0) is 26.5. The molecule has 2 heterocycles. The maximum atomic E-state index is 13.6. The minimum atomic E-state index is -0.498. The molecular weight excluding hydrogens is 507 g/mol. The number of ether oxygens (including phenoxy) is 1. The summed E-state index contributed by atoms with van der Waals surface area (Å²) in [6.45, 7) is 3.34. The Morgan fingerprint density at radius 2 is 2.03 bits per heavy atom. The molecular formula is C28H32ClFN6O2. The van der Waals surface area contributed by atoms with Gasteiger partial charge in [-0.1, -0.05) is 17.7 Å². The summed E-state index contributed by atoms with van der Waals surface area (Å²) in [6.07, 6.45) is 9.42. The van der Waals surface area contributed by atoms with E-state index in [2.05, 4.69) is 37.9 Å². The number of likely N-dealkylation sites (N-methyl/N-ethyl adjacent to an activating group) is 1. The van der Waals surface area contributed by atoms with Crippen LogP contribution in [0, 0.1) is 11.7 Å². The molecule has 5 rings (SSSR count). The molecule has 2 fully saturated rings. The van der Waals surface area contributed by atoms with Crippen molar-refractivity contribution in [3.05, 3.63) is 59.7 Å². The average molecular weight is 539 g/mol. The highest BCUT2D eigenvalue weighted by Crippen LogP contribution is 2.36. The second-order valence-electron chi connectivity index (χ2n) is 9.91. The number of hydrogen-bond acceptors (Lipinski definition) is 7. The molecule has 2 aliphatic rings.